The van der Waals surface area contributed by atoms with Crippen molar-refractivity contribution in [1.29, 1.82) is 0 Å². The molecular formula is C13H16N2O2. The first-order valence-electron chi connectivity index (χ1n) is 5.49. The number of rotatable bonds is 4. The van der Waals surface area contributed by atoms with Crippen molar-refractivity contribution in [2.45, 2.75) is 20.1 Å². The summed E-state index contributed by atoms with van der Waals surface area (Å²) in [6.07, 6.45) is 1.93. The monoisotopic (exact) mass is 232 g/mol. The second-order valence-electron chi connectivity index (χ2n) is 3.96. The molecule has 0 spiro atoms. The fourth-order valence-corrected chi connectivity index (χ4v) is 1.78. The van der Waals surface area contributed by atoms with Gasteiger partial charge in [-0.2, -0.15) is 5.10 Å². The van der Waals surface area contributed by atoms with Gasteiger partial charge in [0.1, 0.15) is 5.75 Å². The maximum absolute atomic E-state index is 9.13. The van der Waals surface area contributed by atoms with E-state index in [1.165, 1.54) is 0 Å². The second-order valence-corrected chi connectivity index (χ2v) is 3.96. The number of nitrogens with zero attached hydrogens (tertiary/aromatic N) is 2. The lowest BCUT2D eigenvalue weighted by Crippen LogP contribution is -2.03. The van der Waals surface area contributed by atoms with Crippen LogP contribution >= 0.6 is 0 Å². The molecule has 2 rings (SSSR count). The number of hydrogen-bond donors (Lipinski definition) is 1. The van der Waals surface area contributed by atoms with Gasteiger partial charge < -0.3 is 9.84 Å². The SMILES string of the molecule is COc1ccc(CO)cc1Cn1ccc(C)n1. The van der Waals surface area contributed by atoms with E-state index in [-0.39, 0.29) is 6.61 Å². The van der Waals surface area contributed by atoms with Gasteiger partial charge in [-0.25, -0.2) is 0 Å². The molecule has 4 nitrogen and oxygen atoms in total. The molecule has 0 bridgehead atoms. The Morgan fingerprint density at radius 2 is 2.18 bits per heavy atom. The Hall–Kier alpha value is -1.81. The molecule has 2 aromatic rings. The molecule has 0 saturated carbocycles. The molecule has 0 amide bonds. The van der Waals surface area contributed by atoms with E-state index >= 15 is 0 Å². The third-order valence-electron chi connectivity index (χ3n) is 2.63. The lowest BCUT2D eigenvalue weighted by molar-refractivity contribution is 0.281. The van der Waals surface area contributed by atoms with Crippen LogP contribution in [0.2, 0.25) is 0 Å². The Morgan fingerprint density at radius 3 is 2.76 bits per heavy atom. The summed E-state index contributed by atoms with van der Waals surface area (Å²) < 4.78 is 7.16. The first-order chi connectivity index (χ1) is 8.22. The van der Waals surface area contributed by atoms with E-state index in [1.54, 1.807) is 7.11 Å². The highest BCUT2D eigenvalue weighted by molar-refractivity contribution is 5.37. The van der Waals surface area contributed by atoms with Gasteiger partial charge in [-0.1, -0.05) is 6.07 Å². The van der Waals surface area contributed by atoms with Gasteiger partial charge in [-0.05, 0) is 30.7 Å². The molecule has 17 heavy (non-hydrogen) atoms. The highest BCUT2D eigenvalue weighted by atomic mass is 16.5. The summed E-state index contributed by atoms with van der Waals surface area (Å²) in [5.41, 5.74) is 2.88. The summed E-state index contributed by atoms with van der Waals surface area (Å²) in [4.78, 5) is 0. The highest BCUT2D eigenvalue weighted by Crippen LogP contribution is 2.21. The van der Waals surface area contributed by atoms with E-state index in [4.69, 9.17) is 9.84 Å². The fraction of sp³-hybridized carbons (Fsp3) is 0.308. The van der Waals surface area contributed by atoms with Crippen molar-refractivity contribution >= 4 is 0 Å². The Labute approximate surface area is 100 Å². The highest BCUT2D eigenvalue weighted by Gasteiger charge is 2.05. The number of aliphatic hydroxyl groups is 1. The first-order valence-corrected chi connectivity index (χ1v) is 5.49. The smallest absolute Gasteiger partial charge is 0.123 e. The lowest BCUT2D eigenvalue weighted by atomic mass is 10.1. The molecule has 0 radical (unpaired) electrons. The summed E-state index contributed by atoms with van der Waals surface area (Å²) in [5.74, 6) is 0.815. The molecule has 0 aliphatic carbocycles. The van der Waals surface area contributed by atoms with Crippen LogP contribution < -0.4 is 4.74 Å². The van der Waals surface area contributed by atoms with Crippen LogP contribution in [0, 0.1) is 6.92 Å². The predicted molar refractivity (Wildman–Crippen MR) is 65.0 cm³/mol. The molecule has 1 N–H and O–H groups in total. The van der Waals surface area contributed by atoms with Crippen LogP contribution in [-0.2, 0) is 13.2 Å². The van der Waals surface area contributed by atoms with Gasteiger partial charge in [0.25, 0.3) is 0 Å². The van der Waals surface area contributed by atoms with Gasteiger partial charge in [-0.3, -0.25) is 4.68 Å². The number of benzene rings is 1. The molecule has 0 saturated heterocycles. The van der Waals surface area contributed by atoms with Crippen LogP contribution in [0.3, 0.4) is 0 Å². The fourth-order valence-electron chi connectivity index (χ4n) is 1.78. The number of hydrogen-bond acceptors (Lipinski definition) is 3. The van der Waals surface area contributed by atoms with Crippen molar-refractivity contribution < 1.29 is 9.84 Å². The van der Waals surface area contributed by atoms with E-state index in [2.05, 4.69) is 5.10 Å². The van der Waals surface area contributed by atoms with Crippen molar-refractivity contribution in [3.8, 4) is 5.75 Å². The predicted octanol–water partition coefficient (Wildman–Crippen LogP) is 1.74. The van der Waals surface area contributed by atoms with Gasteiger partial charge >= 0.3 is 0 Å². The van der Waals surface area contributed by atoms with Crippen LogP contribution in [0.5, 0.6) is 5.75 Å². The number of aryl methyl sites for hydroxylation is 1. The van der Waals surface area contributed by atoms with Gasteiger partial charge in [-0.15, -0.1) is 0 Å². The van der Waals surface area contributed by atoms with Crippen molar-refractivity contribution in [3.63, 3.8) is 0 Å². The van der Waals surface area contributed by atoms with Gasteiger partial charge in [0.2, 0.25) is 0 Å². The summed E-state index contributed by atoms with van der Waals surface area (Å²) in [6.45, 7) is 2.64. The molecule has 1 heterocycles. The zero-order chi connectivity index (χ0) is 12.3. The Bertz CT molecular complexity index is 506. The van der Waals surface area contributed by atoms with E-state index in [9.17, 15) is 0 Å². The second kappa shape index (κ2) is 5.01. The minimum absolute atomic E-state index is 0.0368. The maximum atomic E-state index is 9.13. The minimum Gasteiger partial charge on any atom is -0.496 e. The van der Waals surface area contributed by atoms with Crippen LogP contribution in [0.25, 0.3) is 0 Å². The van der Waals surface area contributed by atoms with Crippen LogP contribution in [0.4, 0.5) is 0 Å². The number of aromatic nitrogens is 2. The number of methoxy groups -OCH3 is 1. The molecular weight excluding hydrogens is 216 g/mol. The first kappa shape index (κ1) is 11.7. The molecule has 0 aliphatic heterocycles. The molecule has 1 aromatic heterocycles. The average molecular weight is 232 g/mol. The minimum atomic E-state index is 0.0368. The van der Waals surface area contributed by atoms with Crippen molar-refractivity contribution in [1.82, 2.24) is 9.78 Å². The van der Waals surface area contributed by atoms with Crippen molar-refractivity contribution in [2.24, 2.45) is 0 Å². The summed E-state index contributed by atoms with van der Waals surface area (Å²) in [5, 5.41) is 13.5. The summed E-state index contributed by atoms with van der Waals surface area (Å²) >= 11 is 0. The third kappa shape index (κ3) is 2.65. The molecule has 0 atom stereocenters. The molecule has 90 valence electrons. The van der Waals surface area contributed by atoms with Crippen LogP contribution in [-0.4, -0.2) is 22.0 Å². The standard InChI is InChI=1S/C13H16N2O2/c1-10-5-6-15(14-10)8-12-7-11(9-16)3-4-13(12)17-2/h3-7,16H,8-9H2,1-2H3. The van der Waals surface area contributed by atoms with E-state index in [0.717, 1.165) is 22.6 Å². The number of ether oxygens (including phenoxy) is 1. The Kier molecular flexibility index (Phi) is 3.44. The van der Waals surface area contributed by atoms with Gasteiger partial charge in [0.15, 0.2) is 0 Å². The largest absolute Gasteiger partial charge is 0.496 e. The Balaban J connectivity index is 2.29. The summed E-state index contributed by atoms with van der Waals surface area (Å²) in [6, 6.07) is 7.63. The molecule has 0 fully saturated rings. The quantitative estimate of drug-likeness (QED) is 0.873. The molecule has 1 aromatic carbocycles. The van der Waals surface area contributed by atoms with Gasteiger partial charge in [0, 0.05) is 11.8 Å². The van der Waals surface area contributed by atoms with Gasteiger partial charge in [0.05, 0.1) is 26.0 Å². The molecule has 0 aliphatic rings. The molecule has 0 unspecified atom stereocenters. The Morgan fingerprint density at radius 1 is 1.35 bits per heavy atom. The van der Waals surface area contributed by atoms with Crippen molar-refractivity contribution in [2.75, 3.05) is 7.11 Å². The normalized spacial score (nSPS) is 10.5. The van der Waals surface area contributed by atoms with Crippen LogP contribution in [0.15, 0.2) is 30.5 Å². The maximum Gasteiger partial charge on any atom is 0.123 e. The van der Waals surface area contributed by atoms with E-state index in [1.807, 2.05) is 42.1 Å². The van der Waals surface area contributed by atoms with E-state index < -0.39 is 0 Å². The van der Waals surface area contributed by atoms with Crippen molar-refractivity contribution in [3.05, 3.63) is 47.3 Å². The topological polar surface area (TPSA) is 47.3 Å². The lowest BCUT2D eigenvalue weighted by Gasteiger charge is -2.10. The zero-order valence-corrected chi connectivity index (χ0v) is 10.1. The average Bonchev–Trinajstić information content (AvgIpc) is 2.74. The van der Waals surface area contributed by atoms with E-state index in [0.29, 0.717) is 6.54 Å². The molecule has 4 heteroatoms. The third-order valence-corrected chi connectivity index (χ3v) is 2.63. The summed E-state index contributed by atoms with van der Waals surface area (Å²) in [7, 11) is 1.64. The number of aliphatic hydroxyl groups excluding tert-OH is 1. The zero-order valence-electron chi connectivity index (χ0n) is 10.1. The van der Waals surface area contributed by atoms with Crippen LogP contribution in [0.1, 0.15) is 16.8 Å².